The largest absolute Gasteiger partial charge is 0.385 e. The van der Waals surface area contributed by atoms with Gasteiger partial charge in [-0.3, -0.25) is 4.99 Å². The van der Waals surface area contributed by atoms with E-state index < -0.39 is 9.84 Å². The van der Waals surface area contributed by atoms with Crippen LogP contribution in [0.25, 0.3) is 0 Å². The molecular formula is C19H34N4O3S. The minimum atomic E-state index is -3.10. The van der Waals surface area contributed by atoms with Crippen LogP contribution in [0.15, 0.2) is 35.3 Å². The number of likely N-dealkylation sites (N-methyl/N-ethyl adjacent to an activating group) is 1. The third-order valence-electron chi connectivity index (χ3n) is 4.05. The zero-order chi connectivity index (χ0) is 20.0. The second-order valence-electron chi connectivity index (χ2n) is 6.51. The number of guanidine groups is 1. The number of nitrogens with one attached hydrogen (secondary N) is 2. The summed E-state index contributed by atoms with van der Waals surface area (Å²) in [6.45, 7) is 4.00. The Morgan fingerprint density at radius 1 is 1.11 bits per heavy atom. The van der Waals surface area contributed by atoms with Crippen LogP contribution in [0.5, 0.6) is 0 Å². The van der Waals surface area contributed by atoms with Crippen molar-refractivity contribution in [3.05, 3.63) is 35.9 Å². The first kappa shape index (κ1) is 23.4. The zero-order valence-corrected chi connectivity index (χ0v) is 17.6. The van der Waals surface area contributed by atoms with Gasteiger partial charge in [-0.15, -0.1) is 0 Å². The van der Waals surface area contributed by atoms with Crippen molar-refractivity contribution in [1.29, 1.82) is 0 Å². The molecule has 0 spiro atoms. The van der Waals surface area contributed by atoms with Crippen molar-refractivity contribution in [2.24, 2.45) is 4.99 Å². The third-order valence-corrected chi connectivity index (χ3v) is 5.74. The summed E-state index contributed by atoms with van der Waals surface area (Å²) in [4.78, 5) is 6.40. The summed E-state index contributed by atoms with van der Waals surface area (Å²) in [6, 6.07) is 9.28. The van der Waals surface area contributed by atoms with E-state index in [1.807, 2.05) is 30.3 Å². The van der Waals surface area contributed by atoms with Crippen LogP contribution in [0.3, 0.4) is 0 Å². The summed E-state index contributed by atoms with van der Waals surface area (Å²) >= 11 is 0. The van der Waals surface area contributed by atoms with Crippen LogP contribution in [-0.2, 0) is 20.3 Å². The van der Waals surface area contributed by atoms with E-state index in [-0.39, 0.29) is 11.5 Å². The SMILES string of the molecule is CN=C(NCCCS(=O)(=O)Cc1ccccc1)NCCN(C)CCCOC. The van der Waals surface area contributed by atoms with Gasteiger partial charge >= 0.3 is 0 Å². The molecule has 0 atom stereocenters. The van der Waals surface area contributed by atoms with Gasteiger partial charge in [0, 0.05) is 46.9 Å². The van der Waals surface area contributed by atoms with Gasteiger partial charge in [-0.05, 0) is 25.5 Å². The Balaban J connectivity index is 2.19. The lowest BCUT2D eigenvalue weighted by atomic mass is 10.2. The predicted molar refractivity (Wildman–Crippen MR) is 112 cm³/mol. The van der Waals surface area contributed by atoms with Crippen molar-refractivity contribution in [3.8, 4) is 0 Å². The molecule has 0 aromatic heterocycles. The van der Waals surface area contributed by atoms with Crippen molar-refractivity contribution in [1.82, 2.24) is 15.5 Å². The number of rotatable bonds is 13. The third kappa shape index (κ3) is 11.6. The summed E-state index contributed by atoms with van der Waals surface area (Å²) in [7, 11) is 2.40. The fourth-order valence-electron chi connectivity index (χ4n) is 2.58. The Bertz CT molecular complexity index is 636. The van der Waals surface area contributed by atoms with E-state index in [1.165, 1.54) is 0 Å². The minimum Gasteiger partial charge on any atom is -0.385 e. The van der Waals surface area contributed by atoms with E-state index in [0.717, 1.165) is 38.2 Å². The lowest BCUT2D eigenvalue weighted by molar-refractivity contribution is 0.180. The van der Waals surface area contributed by atoms with E-state index in [0.29, 0.717) is 18.9 Å². The van der Waals surface area contributed by atoms with E-state index in [4.69, 9.17) is 4.74 Å². The molecule has 0 heterocycles. The molecule has 0 saturated heterocycles. The maximum absolute atomic E-state index is 12.2. The Morgan fingerprint density at radius 2 is 1.81 bits per heavy atom. The minimum absolute atomic E-state index is 0.0935. The first-order valence-electron chi connectivity index (χ1n) is 9.33. The standard InChI is InChI=1S/C19H34N4O3S/c1-20-19(22-12-14-23(2)13-8-15-26-3)21-11-7-16-27(24,25)17-18-9-5-4-6-10-18/h4-6,9-10H,7-8,11-17H2,1-3H3,(H2,20,21,22). The molecule has 0 aliphatic carbocycles. The Labute approximate surface area is 164 Å². The average molecular weight is 399 g/mol. The molecule has 0 aliphatic heterocycles. The summed E-state index contributed by atoms with van der Waals surface area (Å²) in [5.41, 5.74) is 0.831. The fraction of sp³-hybridized carbons (Fsp3) is 0.632. The summed E-state index contributed by atoms with van der Waals surface area (Å²) in [5.74, 6) is 0.949. The molecule has 0 fully saturated rings. The number of hydrogen-bond acceptors (Lipinski definition) is 5. The molecule has 0 saturated carbocycles. The number of sulfone groups is 1. The highest BCUT2D eigenvalue weighted by atomic mass is 32.2. The lowest BCUT2D eigenvalue weighted by Crippen LogP contribution is -2.41. The number of nitrogens with zero attached hydrogens (tertiary/aromatic N) is 2. The van der Waals surface area contributed by atoms with Gasteiger partial charge in [-0.2, -0.15) is 0 Å². The Hall–Kier alpha value is -1.64. The van der Waals surface area contributed by atoms with E-state index >= 15 is 0 Å². The second kappa shape index (κ2) is 13.5. The molecule has 0 aliphatic rings. The van der Waals surface area contributed by atoms with E-state index in [2.05, 4.69) is 27.6 Å². The molecular weight excluding hydrogens is 364 g/mol. The molecule has 8 heteroatoms. The highest BCUT2D eigenvalue weighted by Crippen LogP contribution is 2.06. The second-order valence-corrected chi connectivity index (χ2v) is 8.69. The van der Waals surface area contributed by atoms with Gasteiger partial charge in [-0.25, -0.2) is 8.42 Å². The first-order chi connectivity index (χ1) is 13.0. The van der Waals surface area contributed by atoms with Crippen LogP contribution in [0, 0.1) is 0 Å². The van der Waals surface area contributed by atoms with Gasteiger partial charge in [0.1, 0.15) is 0 Å². The van der Waals surface area contributed by atoms with Crippen LogP contribution < -0.4 is 10.6 Å². The maximum Gasteiger partial charge on any atom is 0.191 e. The van der Waals surface area contributed by atoms with Crippen LogP contribution in [-0.4, -0.2) is 79.0 Å². The highest BCUT2D eigenvalue weighted by Gasteiger charge is 2.11. The van der Waals surface area contributed by atoms with Crippen LogP contribution >= 0.6 is 0 Å². The van der Waals surface area contributed by atoms with Crippen molar-refractivity contribution < 1.29 is 13.2 Å². The van der Waals surface area contributed by atoms with Gasteiger partial charge in [0.2, 0.25) is 0 Å². The molecule has 0 radical (unpaired) electrons. The fourth-order valence-corrected chi connectivity index (χ4v) is 4.00. The molecule has 0 amide bonds. The van der Waals surface area contributed by atoms with Gasteiger partial charge in [0.15, 0.2) is 15.8 Å². The number of aliphatic imine (C=N–C) groups is 1. The van der Waals surface area contributed by atoms with Crippen molar-refractivity contribution >= 4 is 15.8 Å². The summed E-state index contributed by atoms with van der Waals surface area (Å²) < 4.78 is 29.4. The first-order valence-corrected chi connectivity index (χ1v) is 11.2. The van der Waals surface area contributed by atoms with Crippen molar-refractivity contribution in [2.45, 2.75) is 18.6 Å². The van der Waals surface area contributed by atoms with Crippen molar-refractivity contribution in [3.63, 3.8) is 0 Å². The summed E-state index contributed by atoms with van der Waals surface area (Å²) in [6.07, 6.45) is 1.56. The van der Waals surface area contributed by atoms with Gasteiger partial charge in [0.25, 0.3) is 0 Å². The number of ether oxygens (including phenoxy) is 1. The molecule has 1 aromatic carbocycles. The average Bonchev–Trinajstić information content (AvgIpc) is 2.64. The van der Waals surface area contributed by atoms with Gasteiger partial charge < -0.3 is 20.3 Å². The number of hydrogen-bond donors (Lipinski definition) is 2. The molecule has 7 nitrogen and oxygen atoms in total. The quantitative estimate of drug-likeness (QED) is 0.294. The van der Waals surface area contributed by atoms with Crippen LogP contribution in [0.2, 0.25) is 0 Å². The smallest absolute Gasteiger partial charge is 0.191 e. The van der Waals surface area contributed by atoms with Crippen LogP contribution in [0.4, 0.5) is 0 Å². The molecule has 1 aromatic rings. The number of methoxy groups -OCH3 is 1. The van der Waals surface area contributed by atoms with E-state index in [9.17, 15) is 8.42 Å². The normalized spacial score (nSPS) is 12.4. The predicted octanol–water partition coefficient (Wildman–Crippen LogP) is 1.12. The Morgan fingerprint density at radius 3 is 2.48 bits per heavy atom. The molecule has 2 N–H and O–H groups in total. The van der Waals surface area contributed by atoms with Crippen molar-refractivity contribution in [2.75, 3.05) is 59.7 Å². The topological polar surface area (TPSA) is 83.0 Å². The number of benzene rings is 1. The highest BCUT2D eigenvalue weighted by molar-refractivity contribution is 7.90. The van der Waals surface area contributed by atoms with Gasteiger partial charge in [-0.1, -0.05) is 30.3 Å². The monoisotopic (exact) mass is 398 g/mol. The molecule has 154 valence electrons. The molecule has 27 heavy (non-hydrogen) atoms. The molecule has 1 rings (SSSR count). The summed E-state index contributed by atoms with van der Waals surface area (Å²) in [5, 5.41) is 6.41. The Kier molecular flexibility index (Phi) is 11.7. The maximum atomic E-state index is 12.2. The van der Waals surface area contributed by atoms with Gasteiger partial charge in [0.05, 0.1) is 11.5 Å². The lowest BCUT2D eigenvalue weighted by Gasteiger charge is -2.18. The zero-order valence-electron chi connectivity index (χ0n) is 16.8. The van der Waals surface area contributed by atoms with E-state index in [1.54, 1.807) is 14.2 Å². The molecule has 0 unspecified atom stereocenters. The molecule has 0 bridgehead atoms. The van der Waals surface area contributed by atoms with Crippen LogP contribution in [0.1, 0.15) is 18.4 Å².